The maximum absolute atomic E-state index is 5.59. The van der Waals surface area contributed by atoms with Crippen LogP contribution in [0.2, 0.25) is 0 Å². The Bertz CT molecular complexity index is 549. The molecule has 2 rings (SSSR count). The minimum Gasteiger partial charge on any atom is -0.326 e. The summed E-state index contributed by atoms with van der Waals surface area (Å²) in [5, 5.41) is 3.49. The first-order valence-corrected chi connectivity index (χ1v) is 7.72. The van der Waals surface area contributed by atoms with Gasteiger partial charge in [0.2, 0.25) is 0 Å². The zero-order valence-corrected chi connectivity index (χ0v) is 13.4. The normalized spacial score (nSPS) is 10.8. The van der Waals surface area contributed by atoms with E-state index >= 15 is 0 Å². The Kier molecular flexibility index (Phi) is 5.77. The third-order valence-corrected chi connectivity index (χ3v) is 3.96. The number of benzene rings is 2. The fraction of sp³-hybridized carbons (Fsp3) is 0.294. The highest BCUT2D eigenvalue weighted by molar-refractivity contribution is 9.10. The fourth-order valence-electron chi connectivity index (χ4n) is 2.16. The Hall–Kier alpha value is -1.16. The molecular formula is C17H21BrN2. The molecule has 0 radical (unpaired) electrons. The first-order valence-electron chi connectivity index (χ1n) is 6.92. The minimum atomic E-state index is 0.607. The summed E-state index contributed by atoms with van der Waals surface area (Å²) >= 11 is 3.52. The summed E-state index contributed by atoms with van der Waals surface area (Å²) < 4.78 is 1.15. The average Bonchev–Trinajstić information content (AvgIpc) is 2.47. The highest BCUT2D eigenvalue weighted by Gasteiger charge is 1.99. The second kappa shape index (κ2) is 7.58. The molecule has 0 unspecified atom stereocenters. The van der Waals surface area contributed by atoms with E-state index in [0.717, 1.165) is 24.0 Å². The largest absolute Gasteiger partial charge is 0.326 e. The number of rotatable bonds is 6. The Balaban J connectivity index is 1.79. The van der Waals surface area contributed by atoms with E-state index in [1.807, 2.05) is 0 Å². The van der Waals surface area contributed by atoms with Gasteiger partial charge >= 0.3 is 0 Å². The quantitative estimate of drug-likeness (QED) is 0.794. The van der Waals surface area contributed by atoms with Gasteiger partial charge in [0.1, 0.15) is 0 Å². The Labute approximate surface area is 129 Å². The smallest absolute Gasteiger partial charge is 0.0205 e. The molecule has 0 aliphatic heterocycles. The van der Waals surface area contributed by atoms with Crippen LogP contribution in [0.1, 0.15) is 22.3 Å². The summed E-state index contributed by atoms with van der Waals surface area (Å²) in [6.45, 7) is 4.65. The zero-order chi connectivity index (χ0) is 14.4. The lowest BCUT2D eigenvalue weighted by molar-refractivity contribution is 0.685. The van der Waals surface area contributed by atoms with E-state index in [4.69, 9.17) is 5.73 Å². The summed E-state index contributed by atoms with van der Waals surface area (Å²) in [6, 6.07) is 14.9. The molecule has 2 nitrogen and oxygen atoms in total. The van der Waals surface area contributed by atoms with Crippen molar-refractivity contribution in [3.63, 3.8) is 0 Å². The van der Waals surface area contributed by atoms with Gasteiger partial charge < -0.3 is 11.1 Å². The monoisotopic (exact) mass is 332 g/mol. The summed E-state index contributed by atoms with van der Waals surface area (Å²) in [5.74, 6) is 0. The third-order valence-electron chi connectivity index (χ3n) is 3.47. The molecule has 0 aromatic heterocycles. The van der Waals surface area contributed by atoms with Gasteiger partial charge in [0, 0.05) is 17.6 Å². The molecule has 0 spiro atoms. The van der Waals surface area contributed by atoms with E-state index < -0.39 is 0 Å². The van der Waals surface area contributed by atoms with Crippen molar-refractivity contribution in [2.75, 3.05) is 6.54 Å². The molecule has 3 heteroatoms. The van der Waals surface area contributed by atoms with Gasteiger partial charge in [0.25, 0.3) is 0 Å². The van der Waals surface area contributed by atoms with Crippen LogP contribution in [0.5, 0.6) is 0 Å². The Morgan fingerprint density at radius 3 is 2.45 bits per heavy atom. The average molecular weight is 333 g/mol. The van der Waals surface area contributed by atoms with Gasteiger partial charge in [-0.15, -0.1) is 0 Å². The van der Waals surface area contributed by atoms with Crippen molar-refractivity contribution in [2.45, 2.75) is 26.4 Å². The molecule has 0 saturated heterocycles. The lowest BCUT2D eigenvalue weighted by Crippen LogP contribution is -2.17. The summed E-state index contributed by atoms with van der Waals surface area (Å²) in [5.41, 5.74) is 10.8. The van der Waals surface area contributed by atoms with Crippen molar-refractivity contribution >= 4 is 15.9 Å². The van der Waals surface area contributed by atoms with Crippen LogP contribution in [-0.4, -0.2) is 6.54 Å². The van der Waals surface area contributed by atoms with E-state index in [-0.39, 0.29) is 0 Å². The van der Waals surface area contributed by atoms with Crippen LogP contribution in [0.15, 0.2) is 46.9 Å². The Morgan fingerprint density at radius 2 is 1.75 bits per heavy atom. The highest BCUT2D eigenvalue weighted by Crippen LogP contribution is 2.16. The molecule has 20 heavy (non-hydrogen) atoms. The van der Waals surface area contributed by atoms with Crippen LogP contribution < -0.4 is 11.1 Å². The number of nitrogens with two attached hydrogens (primary N) is 1. The minimum absolute atomic E-state index is 0.607. The predicted molar refractivity (Wildman–Crippen MR) is 88.6 cm³/mol. The van der Waals surface area contributed by atoms with Gasteiger partial charge in [-0.05, 0) is 54.3 Å². The van der Waals surface area contributed by atoms with Gasteiger partial charge in [-0.3, -0.25) is 0 Å². The summed E-state index contributed by atoms with van der Waals surface area (Å²) in [6.07, 6.45) is 1.05. The molecular weight excluding hydrogens is 312 g/mol. The van der Waals surface area contributed by atoms with Crippen LogP contribution in [0.25, 0.3) is 0 Å². The van der Waals surface area contributed by atoms with Crippen LogP contribution in [0.4, 0.5) is 0 Å². The van der Waals surface area contributed by atoms with Crippen molar-refractivity contribution < 1.29 is 0 Å². The first kappa shape index (κ1) is 15.2. The number of hydrogen-bond acceptors (Lipinski definition) is 2. The topological polar surface area (TPSA) is 38.0 Å². The van der Waals surface area contributed by atoms with Crippen molar-refractivity contribution in [1.82, 2.24) is 5.32 Å². The van der Waals surface area contributed by atoms with Crippen molar-refractivity contribution in [3.8, 4) is 0 Å². The molecule has 0 aliphatic rings. The van der Waals surface area contributed by atoms with Gasteiger partial charge in [-0.2, -0.15) is 0 Å². The van der Waals surface area contributed by atoms with Crippen molar-refractivity contribution in [3.05, 3.63) is 69.2 Å². The van der Waals surface area contributed by atoms with E-state index in [0.29, 0.717) is 6.54 Å². The highest BCUT2D eigenvalue weighted by atomic mass is 79.9. The van der Waals surface area contributed by atoms with Crippen LogP contribution in [0.3, 0.4) is 0 Å². The number of nitrogens with one attached hydrogen (secondary N) is 1. The maximum Gasteiger partial charge on any atom is 0.0205 e. The Morgan fingerprint density at radius 1 is 1.05 bits per heavy atom. The molecule has 0 aliphatic carbocycles. The van der Waals surface area contributed by atoms with Gasteiger partial charge in [0.05, 0.1) is 0 Å². The standard InChI is InChI=1S/C17H21BrN2/c1-13-2-7-17(18)10-16(13)8-9-20-12-15-5-3-14(11-19)4-6-15/h2-7,10,20H,8-9,11-12,19H2,1H3. The van der Waals surface area contributed by atoms with Crippen LogP contribution in [-0.2, 0) is 19.5 Å². The molecule has 0 heterocycles. The third kappa shape index (κ3) is 4.44. The van der Waals surface area contributed by atoms with E-state index in [1.54, 1.807) is 0 Å². The number of halogens is 1. The molecule has 2 aromatic rings. The first-order chi connectivity index (χ1) is 9.69. The number of aryl methyl sites for hydroxylation is 1. The SMILES string of the molecule is Cc1ccc(Br)cc1CCNCc1ccc(CN)cc1. The van der Waals surface area contributed by atoms with Crippen molar-refractivity contribution in [1.29, 1.82) is 0 Å². The van der Waals surface area contributed by atoms with Crippen LogP contribution >= 0.6 is 15.9 Å². The second-order valence-electron chi connectivity index (χ2n) is 5.02. The van der Waals surface area contributed by atoms with E-state index in [2.05, 4.69) is 70.6 Å². The van der Waals surface area contributed by atoms with Crippen LogP contribution in [0, 0.1) is 6.92 Å². The van der Waals surface area contributed by atoms with E-state index in [1.165, 1.54) is 22.3 Å². The lowest BCUT2D eigenvalue weighted by atomic mass is 10.1. The van der Waals surface area contributed by atoms with Gasteiger partial charge in [0.15, 0.2) is 0 Å². The molecule has 0 fully saturated rings. The van der Waals surface area contributed by atoms with Gasteiger partial charge in [-0.1, -0.05) is 46.3 Å². The molecule has 2 aromatic carbocycles. The molecule has 0 atom stereocenters. The molecule has 0 bridgehead atoms. The second-order valence-corrected chi connectivity index (χ2v) is 5.93. The summed E-state index contributed by atoms with van der Waals surface area (Å²) in [7, 11) is 0. The predicted octanol–water partition coefficient (Wildman–Crippen LogP) is 3.55. The molecule has 0 amide bonds. The lowest BCUT2D eigenvalue weighted by Gasteiger charge is -2.08. The number of hydrogen-bond donors (Lipinski definition) is 2. The summed E-state index contributed by atoms with van der Waals surface area (Å²) in [4.78, 5) is 0. The molecule has 3 N–H and O–H groups in total. The maximum atomic E-state index is 5.59. The van der Waals surface area contributed by atoms with E-state index in [9.17, 15) is 0 Å². The fourth-order valence-corrected chi connectivity index (χ4v) is 2.57. The van der Waals surface area contributed by atoms with Crippen molar-refractivity contribution in [2.24, 2.45) is 5.73 Å². The molecule has 0 saturated carbocycles. The molecule has 106 valence electrons. The van der Waals surface area contributed by atoms with Gasteiger partial charge in [-0.25, -0.2) is 0 Å². The zero-order valence-electron chi connectivity index (χ0n) is 11.8.